The van der Waals surface area contributed by atoms with Gasteiger partial charge in [0.1, 0.15) is 5.75 Å². The number of nitrogens with zero attached hydrogens (tertiary/aromatic N) is 3. The van der Waals surface area contributed by atoms with E-state index in [4.69, 9.17) is 32.7 Å². The Hall–Kier alpha value is -1.50. The molecule has 2 heterocycles. The number of piperazine rings is 1. The zero-order chi connectivity index (χ0) is 22.2. The molecule has 0 aliphatic carbocycles. The standard InChI is InChI=1S/C25H33Cl2N3O2/c26-23-3-1-4-24(25(23)27)30-14-12-29(13-15-30)11-9-21-5-7-22(8-6-21)32-18-2-10-28-16-19-31-20-17-28/h1,3-8H,2,9-20H2. The number of anilines is 1. The maximum atomic E-state index is 6.39. The average Bonchev–Trinajstić information content (AvgIpc) is 2.84. The van der Waals surface area contributed by atoms with Gasteiger partial charge in [-0.1, -0.05) is 41.4 Å². The number of morpholine rings is 1. The van der Waals surface area contributed by atoms with Crippen molar-refractivity contribution in [3.63, 3.8) is 0 Å². The molecule has 5 nitrogen and oxygen atoms in total. The molecule has 0 aromatic heterocycles. The number of halogens is 2. The lowest BCUT2D eigenvalue weighted by atomic mass is 10.1. The summed E-state index contributed by atoms with van der Waals surface area (Å²) in [4.78, 5) is 7.29. The van der Waals surface area contributed by atoms with Gasteiger partial charge >= 0.3 is 0 Å². The normalized spacial score (nSPS) is 18.1. The van der Waals surface area contributed by atoms with E-state index in [0.29, 0.717) is 10.0 Å². The first-order valence-corrected chi connectivity index (χ1v) is 12.4. The Labute approximate surface area is 201 Å². The molecule has 32 heavy (non-hydrogen) atoms. The summed E-state index contributed by atoms with van der Waals surface area (Å²) in [7, 11) is 0. The van der Waals surface area contributed by atoms with Crippen LogP contribution in [0.25, 0.3) is 0 Å². The zero-order valence-corrected chi connectivity index (χ0v) is 20.2. The molecule has 2 saturated heterocycles. The van der Waals surface area contributed by atoms with E-state index in [1.54, 1.807) is 0 Å². The highest BCUT2D eigenvalue weighted by atomic mass is 35.5. The van der Waals surface area contributed by atoms with Crippen LogP contribution in [0.3, 0.4) is 0 Å². The third-order valence-corrected chi connectivity index (χ3v) is 7.08. The van der Waals surface area contributed by atoms with Crippen molar-refractivity contribution in [1.82, 2.24) is 9.80 Å². The largest absolute Gasteiger partial charge is 0.494 e. The molecule has 4 rings (SSSR count). The van der Waals surface area contributed by atoms with Crippen LogP contribution in [0.15, 0.2) is 42.5 Å². The van der Waals surface area contributed by atoms with Crippen LogP contribution in [0.2, 0.25) is 10.0 Å². The van der Waals surface area contributed by atoms with E-state index in [2.05, 4.69) is 45.0 Å². The van der Waals surface area contributed by atoms with Crippen LogP contribution in [-0.4, -0.2) is 82.0 Å². The summed E-state index contributed by atoms with van der Waals surface area (Å²) in [5, 5.41) is 1.28. The van der Waals surface area contributed by atoms with E-state index < -0.39 is 0 Å². The van der Waals surface area contributed by atoms with Crippen molar-refractivity contribution in [3.8, 4) is 5.75 Å². The number of ether oxygens (including phenoxy) is 2. The van der Waals surface area contributed by atoms with E-state index in [0.717, 1.165) is 96.5 Å². The van der Waals surface area contributed by atoms with E-state index in [-0.39, 0.29) is 0 Å². The Balaban J connectivity index is 1.14. The molecule has 0 saturated carbocycles. The van der Waals surface area contributed by atoms with Gasteiger partial charge in [0.05, 0.1) is 35.6 Å². The molecular formula is C25H33Cl2N3O2. The number of benzene rings is 2. The molecule has 0 amide bonds. The van der Waals surface area contributed by atoms with Crippen molar-refractivity contribution in [2.24, 2.45) is 0 Å². The molecular weight excluding hydrogens is 445 g/mol. The lowest BCUT2D eigenvalue weighted by Gasteiger charge is -2.36. The highest BCUT2D eigenvalue weighted by Gasteiger charge is 2.19. The Morgan fingerprint density at radius 3 is 2.28 bits per heavy atom. The molecule has 7 heteroatoms. The fourth-order valence-electron chi connectivity index (χ4n) is 4.29. The molecule has 0 spiro atoms. The lowest BCUT2D eigenvalue weighted by molar-refractivity contribution is 0.0358. The fourth-order valence-corrected chi connectivity index (χ4v) is 4.71. The average molecular weight is 478 g/mol. The number of hydrogen-bond donors (Lipinski definition) is 0. The Kier molecular flexibility index (Phi) is 8.94. The molecule has 0 atom stereocenters. The molecule has 174 valence electrons. The molecule has 2 fully saturated rings. The van der Waals surface area contributed by atoms with E-state index in [9.17, 15) is 0 Å². The molecule has 2 aromatic rings. The van der Waals surface area contributed by atoms with Gasteiger partial charge in [0, 0.05) is 52.4 Å². The van der Waals surface area contributed by atoms with E-state index >= 15 is 0 Å². The van der Waals surface area contributed by atoms with Crippen molar-refractivity contribution in [1.29, 1.82) is 0 Å². The van der Waals surface area contributed by atoms with Crippen LogP contribution in [0, 0.1) is 0 Å². The molecule has 0 bridgehead atoms. The van der Waals surface area contributed by atoms with Gasteiger partial charge in [0.2, 0.25) is 0 Å². The smallest absolute Gasteiger partial charge is 0.119 e. The van der Waals surface area contributed by atoms with Crippen LogP contribution in [-0.2, 0) is 11.2 Å². The van der Waals surface area contributed by atoms with Crippen molar-refractivity contribution in [2.45, 2.75) is 12.8 Å². The van der Waals surface area contributed by atoms with Gasteiger partial charge in [-0.15, -0.1) is 0 Å². The molecule has 0 N–H and O–H groups in total. The first kappa shape index (κ1) is 23.7. The molecule has 2 aliphatic heterocycles. The highest BCUT2D eigenvalue weighted by molar-refractivity contribution is 6.43. The minimum atomic E-state index is 0.621. The summed E-state index contributed by atoms with van der Waals surface area (Å²) < 4.78 is 11.3. The van der Waals surface area contributed by atoms with Crippen LogP contribution >= 0.6 is 23.2 Å². The predicted molar refractivity (Wildman–Crippen MR) is 133 cm³/mol. The number of rotatable bonds is 9. The maximum Gasteiger partial charge on any atom is 0.119 e. The summed E-state index contributed by atoms with van der Waals surface area (Å²) >= 11 is 12.6. The first-order chi connectivity index (χ1) is 15.7. The van der Waals surface area contributed by atoms with Crippen LogP contribution in [0.1, 0.15) is 12.0 Å². The highest BCUT2D eigenvalue weighted by Crippen LogP contribution is 2.32. The second-order valence-corrected chi connectivity index (χ2v) is 9.24. The SMILES string of the molecule is Clc1cccc(N2CCN(CCc3ccc(OCCCN4CCOCC4)cc3)CC2)c1Cl. The van der Waals surface area contributed by atoms with Gasteiger partial charge in [-0.2, -0.15) is 0 Å². The van der Waals surface area contributed by atoms with Crippen molar-refractivity contribution >= 4 is 28.9 Å². The molecule has 2 aromatic carbocycles. The van der Waals surface area contributed by atoms with Crippen LogP contribution in [0.4, 0.5) is 5.69 Å². The Morgan fingerprint density at radius 2 is 1.53 bits per heavy atom. The summed E-state index contributed by atoms with van der Waals surface area (Å²) in [6.07, 6.45) is 2.10. The summed E-state index contributed by atoms with van der Waals surface area (Å²) in [6, 6.07) is 14.4. The van der Waals surface area contributed by atoms with Gasteiger partial charge in [-0.25, -0.2) is 0 Å². The van der Waals surface area contributed by atoms with Crippen molar-refractivity contribution < 1.29 is 9.47 Å². The molecule has 0 radical (unpaired) electrons. The van der Waals surface area contributed by atoms with Crippen molar-refractivity contribution in [3.05, 3.63) is 58.1 Å². The summed E-state index contributed by atoms with van der Waals surface area (Å²) in [6.45, 7) is 10.7. The number of hydrogen-bond acceptors (Lipinski definition) is 5. The van der Waals surface area contributed by atoms with Gasteiger partial charge in [-0.3, -0.25) is 9.80 Å². The topological polar surface area (TPSA) is 28.2 Å². The van der Waals surface area contributed by atoms with Gasteiger partial charge < -0.3 is 14.4 Å². The quantitative estimate of drug-likeness (QED) is 0.497. The molecule has 2 aliphatic rings. The van der Waals surface area contributed by atoms with Gasteiger partial charge in [0.25, 0.3) is 0 Å². The van der Waals surface area contributed by atoms with Crippen molar-refractivity contribution in [2.75, 3.05) is 77.1 Å². The van der Waals surface area contributed by atoms with Gasteiger partial charge in [-0.05, 0) is 42.7 Å². The van der Waals surface area contributed by atoms with E-state index in [1.165, 1.54) is 5.56 Å². The third-order valence-electron chi connectivity index (χ3n) is 6.28. The Bertz CT molecular complexity index is 836. The third kappa shape index (κ3) is 6.75. The second-order valence-electron chi connectivity index (χ2n) is 8.45. The van der Waals surface area contributed by atoms with E-state index in [1.807, 2.05) is 12.1 Å². The van der Waals surface area contributed by atoms with Crippen LogP contribution in [0.5, 0.6) is 5.75 Å². The van der Waals surface area contributed by atoms with Gasteiger partial charge in [0.15, 0.2) is 0 Å². The zero-order valence-electron chi connectivity index (χ0n) is 18.6. The first-order valence-electron chi connectivity index (χ1n) is 11.6. The molecule has 0 unspecified atom stereocenters. The van der Waals surface area contributed by atoms with Crippen LogP contribution < -0.4 is 9.64 Å². The lowest BCUT2D eigenvalue weighted by Crippen LogP contribution is -2.47. The summed E-state index contributed by atoms with van der Waals surface area (Å²) in [5.74, 6) is 0.961. The minimum Gasteiger partial charge on any atom is -0.494 e. The Morgan fingerprint density at radius 1 is 0.812 bits per heavy atom. The maximum absolute atomic E-state index is 6.39. The minimum absolute atomic E-state index is 0.621. The fraction of sp³-hybridized carbons (Fsp3) is 0.520. The summed E-state index contributed by atoms with van der Waals surface area (Å²) in [5.41, 5.74) is 2.39. The monoisotopic (exact) mass is 477 g/mol. The second kappa shape index (κ2) is 12.1. The predicted octanol–water partition coefficient (Wildman–Crippen LogP) is 4.46.